The van der Waals surface area contributed by atoms with Gasteiger partial charge in [0.05, 0.1) is 12.3 Å². The molecule has 1 aromatic rings. The van der Waals surface area contributed by atoms with E-state index in [-0.39, 0.29) is 17.3 Å². The molecule has 1 heterocycles. The zero-order valence-corrected chi connectivity index (χ0v) is 9.58. The molecule has 7 nitrogen and oxygen atoms in total. The minimum absolute atomic E-state index is 0.0715. The van der Waals surface area contributed by atoms with Gasteiger partial charge < -0.3 is 25.4 Å². The quantitative estimate of drug-likeness (QED) is 0.408. The maximum atomic E-state index is 11.1. The topological polar surface area (TPSA) is 127 Å². The Kier molecular flexibility index (Phi) is 4.35. The molecular weight excluding hydrogens is 228 g/mol. The molecule has 0 spiro atoms. The maximum Gasteiger partial charge on any atom is 0.194 e. The summed E-state index contributed by atoms with van der Waals surface area (Å²) in [7, 11) is 0. The molecule has 96 valence electrons. The third-order valence-electron chi connectivity index (χ3n) is 2.44. The van der Waals surface area contributed by atoms with Crippen LogP contribution in [0.15, 0.2) is 0 Å². The number of nitrogens with zero attached hydrogens (tertiary/aromatic N) is 1. The molecule has 17 heavy (non-hydrogen) atoms. The summed E-state index contributed by atoms with van der Waals surface area (Å²) < 4.78 is 0. The Morgan fingerprint density at radius 1 is 1.41 bits per heavy atom. The lowest BCUT2D eigenvalue weighted by Gasteiger charge is -2.20. The number of H-pyrrole nitrogens is 1. The molecule has 0 saturated heterocycles. The van der Waals surface area contributed by atoms with Crippen molar-refractivity contribution in [2.45, 2.75) is 32.2 Å². The largest absolute Gasteiger partial charge is 0.394 e. The van der Waals surface area contributed by atoms with Crippen LogP contribution in [0, 0.1) is 6.92 Å². The summed E-state index contributed by atoms with van der Waals surface area (Å²) in [5.41, 5.74) is 0.502. The van der Waals surface area contributed by atoms with Gasteiger partial charge in [0.25, 0.3) is 0 Å². The van der Waals surface area contributed by atoms with Gasteiger partial charge in [0.1, 0.15) is 18.3 Å². The molecule has 7 heteroatoms. The summed E-state index contributed by atoms with van der Waals surface area (Å²) in [5, 5.41) is 37.1. The van der Waals surface area contributed by atoms with Crippen molar-refractivity contribution in [3.05, 3.63) is 17.2 Å². The molecule has 1 aromatic heterocycles. The highest BCUT2D eigenvalue weighted by Gasteiger charge is 2.29. The van der Waals surface area contributed by atoms with Gasteiger partial charge in [-0.05, 0) is 6.92 Å². The van der Waals surface area contributed by atoms with Crippen LogP contribution in [0.5, 0.6) is 0 Å². The molecule has 0 aliphatic carbocycles. The fraction of sp³-hybridized carbons (Fsp3) is 0.600. The van der Waals surface area contributed by atoms with Gasteiger partial charge in [-0.25, -0.2) is 4.98 Å². The predicted octanol–water partition coefficient (Wildman–Crippen LogP) is -1.33. The molecular formula is C10H16N2O5. The number of aryl methyl sites for hydroxylation is 1. The first-order valence-corrected chi connectivity index (χ1v) is 5.11. The fourth-order valence-electron chi connectivity index (χ4n) is 1.41. The first kappa shape index (κ1) is 13.8. The van der Waals surface area contributed by atoms with Gasteiger partial charge in [-0.3, -0.25) is 4.79 Å². The van der Waals surface area contributed by atoms with Crippen LogP contribution in [0.3, 0.4) is 0 Å². The van der Waals surface area contributed by atoms with Crippen molar-refractivity contribution in [2.24, 2.45) is 0 Å². The van der Waals surface area contributed by atoms with Gasteiger partial charge in [-0.2, -0.15) is 0 Å². The highest BCUT2D eigenvalue weighted by Crippen LogP contribution is 2.20. The van der Waals surface area contributed by atoms with Crippen LogP contribution in [0.1, 0.15) is 35.0 Å². The minimum Gasteiger partial charge on any atom is -0.394 e. The lowest BCUT2D eigenvalue weighted by molar-refractivity contribution is -0.0790. The van der Waals surface area contributed by atoms with Gasteiger partial charge in [0, 0.05) is 12.6 Å². The molecule has 5 N–H and O–H groups in total. The summed E-state index contributed by atoms with van der Waals surface area (Å²) in [4.78, 5) is 17.6. The number of aromatic nitrogens is 2. The average Bonchev–Trinajstić information content (AvgIpc) is 2.68. The number of carbonyl (C=O) groups is 1. The van der Waals surface area contributed by atoms with E-state index in [1.807, 2.05) is 0 Å². The molecule has 0 aliphatic heterocycles. The first-order valence-electron chi connectivity index (χ1n) is 5.11. The Morgan fingerprint density at radius 3 is 2.41 bits per heavy atom. The van der Waals surface area contributed by atoms with Crippen LogP contribution in [0.25, 0.3) is 0 Å². The number of hydrogen-bond donors (Lipinski definition) is 5. The van der Waals surface area contributed by atoms with Gasteiger partial charge in [0.15, 0.2) is 11.6 Å². The van der Waals surface area contributed by atoms with Crippen LogP contribution >= 0.6 is 0 Å². The standard InChI is InChI=1S/C10H16N2O5/c1-4-7(12-10(11-4)5(2)14)9(17)8(16)6(15)3-13/h6,8-9,13,15-17H,3H2,1-2H3,(H,11,12)/t6-,8?,9+/m0/s1. The van der Waals surface area contributed by atoms with Gasteiger partial charge in [-0.1, -0.05) is 0 Å². The van der Waals surface area contributed by atoms with E-state index in [4.69, 9.17) is 5.11 Å². The average molecular weight is 244 g/mol. The summed E-state index contributed by atoms with van der Waals surface area (Å²) >= 11 is 0. The highest BCUT2D eigenvalue weighted by molar-refractivity contribution is 5.90. The van der Waals surface area contributed by atoms with Crippen molar-refractivity contribution in [1.82, 2.24) is 9.97 Å². The van der Waals surface area contributed by atoms with Crippen molar-refractivity contribution in [2.75, 3.05) is 6.61 Å². The van der Waals surface area contributed by atoms with E-state index in [2.05, 4.69) is 9.97 Å². The number of carbonyl (C=O) groups excluding carboxylic acids is 1. The molecule has 0 bridgehead atoms. The molecule has 0 saturated carbocycles. The second kappa shape index (κ2) is 5.37. The Balaban J connectivity index is 2.95. The lowest BCUT2D eigenvalue weighted by Crippen LogP contribution is -2.35. The third kappa shape index (κ3) is 2.89. The molecule has 3 atom stereocenters. The smallest absolute Gasteiger partial charge is 0.194 e. The molecule has 1 unspecified atom stereocenters. The van der Waals surface area contributed by atoms with Crippen LogP contribution in [-0.2, 0) is 0 Å². The fourth-order valence-corrected chi connectivity index (χ4v) is 1.41. The third-order valence-corrected chi connectivity index (χ3v) is 2.44. The van der Waals surface area contributed by atoms with E-state index in [0.717, 1.165) is 0 Å². The van der Waals surface area contributed by atoms with Gasteiger partial charge in [0.2, 0.25) is 0 Å². The Hall–Kier alpha value is -1.28. The van der Waals surface area contributed by atoms with E-state index in [9.17, 15) is 20.1 Å². The number of rotatable bonds is 5. The van der Waals surface area contributed by atoms with Gasteiger partial charge >= 0.3 is 0 Å². The van der Waals surface area contributed by atoms with E-state index in [1.54, 1.807) is 6.92 Å². The van der Waals surface area contributed by atoms with Crippen molar-refractivity contribution < 1.29 is 25.2 Å². The lowest BCUT2D eigenvalue weighted by atomic mass is 10.0. The van der Waals surface area contributed by atoms with E-state index in [0.29, 0.717) is 5.69 Å². The van der Waals surface area contributed by atoms with E-state index in [1.165, 1.54) is 6.92 Å². The van der Waals surface area contributed by atoms with Crippen molar-refractivity contribution >= 4 is 5.78 Å². The van der Waals surface area contributed by atoms with Crippen molar-refractivity contribution in [3.8, 4) is 0 Å². The zero-order chi connectivity index (χ0) is 13.2. The van der Waals surface area contributed by atoms with Crippen molar-refractivity contribution in [3.63, 3.8) is 0 Å². The van der Waals surface area contributed by atoms with Crippen molar-refractivity contribution in [1.29, 1.82) is 0 Å². The second-order valence-electron chi connectivity index (χ2n) is 3.84. The molecule has 0 radical (unpaired) electrons. The van der Waals surface area contributed by atoms with E-state index < -0.39 is 24.9 Å². The van der Waals surface area contributed by atoms with E-state index >= 15 is 0 Å². The van der Waals surface area contributed by atoms with Gasteiger partial charge in [-0.15, -0.1) is 0 Å². The molecule has 0 amide bonds. The Bertz CT molecular complexity index is 403. The zero-order valence-electron chi connectivity index (χ0n) is 9.58. The second-order valence-corrected chi connectivity index (χ2v) is 3.84. The molecule has 1 rings (SSSR count). The maximum absolute atomic E-state index is 11.1. The summed E-state index contributed by atoms with van der Waals surface area (Å²) in [6.45, 7) is 2.21. The van der Waals surface area contributed by atoms with Crippen LogP contribution < -0.4 is 0 Å². The Labute approximate surface area is 97.8 Å². The normalized spacial score (nSPS) is 16.6. The van der Waals surface area contributed by atoms with Crippen LogP contribution in [0.2, 0.25) is 0 Å². The number of nitrogens with one attached hydrogen (secondary N) is 1. The summed E-state index contributed by atoms with van der Waals surface area (Å²) in [6, 6.07) is 0. The SMILES string of the molecule is CC(=O)c1nc([C@@H](O)C(O)[C@@H](O)CO)c(C)[nH]1. The number of Topliss-reactive ketones (excluding diaryl/α,β-unsaturated/α-hetero) is 1. The number of aromatic amines is 1. The number of imidazole rings is 1. The minimum atomic E-state index is -1.57. The highest BCUT2D eigenvalue weighted by atomic mass is 16.4. The number of aliphatic hydroxyl groups excluding tert-OH is 4. The number of hydrogen-bond acceptors (Lipinski definition) is 6. The molecule has 0 aliphatic rings. The Morgan fingerprint density at radius 2 is 2.00 bits per heavy atom. The molecule has 0 aromatic carbocycles. The number of aliphatic hydroxyl groups is 4. The first-order chi connectivity index (χ1) is 7.88. The molecule has 0 fully saturated rings. The monoisotopic (exact) mass is 244 g/mol. The summed E-state index contributed by atoms with van der Waals surface area (Å²) in [6.07, 6.45) is -4.51. The van der Waals surface area contributed by atoms with Crippen LogP contribution in [0.4, 0.5) is 0 Å². The predicted molar refractivity (Wildman–Crippen MR) is 57.4 cm³/mol. The van der Waals surface area contributed by atoms with Crippen LogP contribution in [-0.4, -0.2) is 55.0 Å². The summed E-state index contributed by atoms with van der Waals surface area (Å²) in [5.74, 6) is -0.231. The number of ketones is 1.